The lowest BCUT2D eigenvalue weighted by Crippen LogP contribution is -2.22. The van der Waals surface area contributed by atoms with Crippen LogP contribution in [0.5, 0.6) is 0 Å². The smallest absolute Gasteiger partial charge is 0.238 e. The van der Waals surface area contributed by atoms with Crippen molar-refractivity contribution < 1.29 is 8.42 Å². The molecule has 44 heavy (non-hydrogen) atoms. The van der Waals surface area contributed by atoms with Crippen molar-refractivity contribution in [3.63, 3.8) is 0 Å². The quantitative estimate of drug-likeness (QED) is 0.113. The molecule has 2 aromatic carbocycles. The zero-order chi connectivity index (χ0) is 31.8. The van der Waals surface area contributed by atoms with Gasteiger partial charge in [0.1, 0.15) is 18.0 Å². The Bertz CT molecular complexity index is 1490. The second-order valence-electron chi connectivity index (χ2n) is 10.4. The summed E-state index contributed by atoms with van der Waals surface area (Å²) in [4.78, 5) is 13.3. The van der Waals surface area contributed by atoms with Crippen LogP contribution in [0.25, 0.3) is 5.82 Å². The molecule has 0 bridgehead atoms. The Morgan fingerprint density at radius 2 is 1.59 bits per heavy atom. The first kappa shape index (κ1) is 34.7. The first-order chi connectivity index (χ1) is 21.3. The summed E-state index contributed by atoms with van der Waals surface area (Å²) >= 11 is 5.93. The van der Waals surface area contributed by atoms with E-state index in [1.165, 1.54) is 44.2 Å². The minimum absolute atomic E-state index is 0.0655. The van der Waals surface area contributed by atoms with Gasteiger partial charge >= 0.3 is 0 Å². The Hall–Kier alpha value is -3.77. The molecule has 4 aromatic rings. The number of benzene rings is 2. The highest BCUT2D eigenvalue weighted by Crippen LogP contribution is 2.22. The maximum Gasteiger partial charge on any atom is 0.238 e. The van der Waals surface area contributed by atoms with E-state index >= 15 is 0 Å². The number of halogens is 1. The molecule has 0 aliphatic heterocycles. The van der Waals surface area contributed by atoms with Crippen LogP contribution in [-0.2, 0) is 23.1 Å². The van der Waals surface area contributed by atoms with Gasteiger partial charge in [0.2, 0.25) is 16.0 Å². The second kappa shape index (κ2) is 18.1. The molecule has 0 amide bonds. The van der Waals surface area contributed by atoms with Crippen molar-refractivity contribution in [1.29, 1.82) is 0 Å². The molecule has 236 valence electrons. The van der Waals surface area contributed by atoms with Crippen LogP contribution in [0.15, 0.2) is 91.4 Å². The molecule has 0 unspecified atom stereocenters. The van der Waals surface area contributed by atoms with E-state index in [-0.39, 0.29) is 4.90 Å². The SMILES string of the molecule is C=C.CC1CCCCC1.NS(=O)(=O)c1ccc(CNc2nc(NCCNCc3ccc(Cl)cc3)cc(-n3ccnc3)n2)cc1. The standard InChI is InChI=1S/C23H25ClN8O2S.C7H14.C2H4/c24-19-5-1-17(2-6-19)14-26-9-10-28-21-13-22(32-12-11-27-16-32)31-23(30-21)29-15-18-3-7-20(8-4-18)35(25,33)34;1-7-5-3-2-4-6-7;1-2/h1-8,11-13,16,26H,9-10,14-15H2,(H2,25,33,34)(H2,28,29,30,31);7H,2-6H2,1H3;1-2H2. The van der Waals surface area contributed by atoms with Crippen LogP contribution in [0, 0.1) is 5.92 Å². The lowest BCUT2D eigenvalue weighted by Gasteiger charge is -2.15. The summed E-state index contributed by atoms with van der Waals surface area (Å²) in [6.45, 7) is 10.9. The summed E-state index contributed by atoms with van der Waals surface area (Å²) in [7, 11) is -3.73. The lowest BCUT2D eigenvalue weighted by molar-refractivity contribution is 0.385. The summed E-state index contributed by atoms with van der Waals surface area (Å²) in [5.41, 5.74) is 2.01. The Morgan fingerprint density at radius 3 is 2.18 bits per heavy atom. The molecule has 5 rings (SSSR count). The summed E-state index contributed by atoms with van der Waals surface area (Å²) in [5.74, 6) is 2.77. The van der Waals surface area contributed by atoms with Gasteiger partial charge in [0.05, 0.1) is 4.90 Å². The number of primary sulfonamides is 1. The molecule has 0 radical (unpaired) electrons. The summed E-state index contributed by atoms with van der Waals surface area (Å²) < 4.78 is 24.7. The normalized spacial score (nSPS) is 13.2. The van der Waals surface area contributed by atoms with Crippen molar-refractivity contribution in [1.82, 2.24) is 24.8 Å². The van der Waals surface area contributed by atoms with Crippen molar-refractivity contribution in [2.75, 3.05) is 23.7 Å². The maximum absolute atomic E-state index is 11.4. The monoisotopic (exact) mass is 638 g/mol. The van der Waals surface area contributed by atoms with Crippen molar-refractivity contribution in [2.45, 2.75) is 57.0 Å². The molecule has 0 atom stereocenters. The largest absolute Gasteiger partial charge is 0.369 e. The highest BCUT2D eigenvalue weighted by molar-refractivity contribution is 7.89. The van der Waals surface area contributed by atoms with E-state index in [0.29, 0.717) is 30.7 Å². The summed E-state index contributed by atoms with van der Waals surface area (Å²) in [6, 6.07) is 15.9. The number of rotatable bonds is 11. The molecule has 1 saturated carbocycles. The Labute approximate surface area is 266 Å². The van der Waals surface area contributed by atoms with Crippen molar-refractivity contribution in [2.24, 2.45) is 11.1 Å². The van der Waals surface area contributed by atoms with Gasteiger partial charge in [0.25, 0.3) is 0 Å². The van der Waals surface area contributed by atoms with Crippen LogP contribution in [-0.4, -0.2) is 41.0 Å². The molecular formula is C32H43ClN8O2S. The van der Waals surface area contributed by atoms with Gasteiger partial charge in [-0.1, -0.05) is 74.9 Å². The van der Waals surface area contributed by atoms with Crippen molar-refractivity contribution >= 4 is 33.4 Å². The predicted molar refractivity (Wildman–Crippen MR) is 179 cm³/mol. The van der Waals surface area contributed by atoms with E-state index in [9.17, 15) is 8.42 Å². The second-order valence-corrected chi connectivity index (χ2v) is 12.4. The molecule has 1 aliphatic rings. The van der Waals surface area contributed by atoms with Gasteiger partial charge in [-0.15, -0.1) is 13.2 Å². The number of nitrogens with zero attached hydrogens (tertiary/aromatic N) is 4. The highest BCUT2D eigenvalue weighted by Gasteiger charge is 2.09. The number of imidazole rings is 1. The van der Waals surface area contributed by atoms with Crippen LogP contribution in [0.1, 0.15) is 50.2 Å². The first-order valence-corrected chi connectivity index (χ1v) is 16.6. The van der Waals surface area contributed by atoms with E-state index in [2.05, 4.69) is 51.0 Å². The molecule has 0 saturated heterocycles. The molecule has 5 N–H and O–H groups in total. The number of nitrogens with two attached hydrogens (primary N) is 1. The summed E-state index contributed by atoms with van der Waals surface area (Å²) in [6.07, 6.45) is 12.6. The molecular weight excluding hydrogens is 596 g/mol. The van der Waals surface area contributed by atoms with Crippen molar-refractivity contribution in [3.05, 3.63) is 103 Å². The fraction of sp³-hybridized carbons (Fsp3) is 0.344. The predicted octanol–water partition coefficient (Wildman–Crippen LogP) is 6.17. The number of hydrogen-bond donors (Lipinski definition) is 4. The van der Waals surface area contributed by atoms with Crippen LogP contribution in [0.3, 0.4) is 0 Å². The highest BCUT2D eigenvalue weighted by atomic mass is 35.5. The van der Waals surface area contributed by atoms with Gasteiger partial charge < -0.3 is 16.0 Å². The molecule has 2 heterocycles. The van der Waals surface area contributed by atoms with Gasteiger partial charge in [-0.05, 0) is 41.3 Å². The van der Waals surface area contributed by atoms with E-state index in [4.69, 9.17) is 16.7 Å². The van der Waals surface area contributed by atoms with E-state index in [1.54, 1.807) is 35.4 Å². The average molecular weight is 639 g/mol. The maximum atomic E-state index is 11.4. The Kier molecular flexibility index (Phi) is 14.3. The number of aromatic nitrogens is 4. The lowest BCUT2D eigenvalue weighted by atomic mass is 9.91. The third-order valence-corrected chi connectivity index (χ3v) is 8.11. The number of nitrogens with one attached hydrogen (secondary N) is 3. The molecule has 2 aromatic heterocycles. The number of hydrogen-bond acceptors (Lipinski definition) is 8. The summed E-state index contributed by atoms with van der Waals surface area (Å²) in [5, 5.41) is 15.8. The third kappa shape index (κ3) is 12.1. The Balaban J connectivity index is 0.000000510. The zero-order valence-corrected chi connectivity index (χ0v) is 26.8. The molecule has 1 aliphatic carbocycles. The number of anilines is 2. The van der Waals surface area contributed by atoms with Gasteiger partial charge in [-0.3, -0.25) is 4.57 Å². The van der Waals surface area contributed by atoms with Gasteiger partial charge in [0.15, 0.2) is 0 Å². The minimum Gasteiger partial charge on any atom is -0.369 e. The zero-order valence-electron chi connectivity index (χ0n) is 25.3. The molecule has 10 nitrogen and oxygen atoms in total. The Morgan fingerprint density at radius 1 is 0.932 bits per heavy atom. The van der Waals surface area contributed by atoms with Crippen LogP contribution in [0.2, 0.25) is 5.02 Å². The van der Waals surface area contributed by atoms with Crippen LogP contribution < -0.4 is 21.1 Å². The molecule has 0 spiro atoms. The molecule has 12 heteroatoms. The van der Waals surface area contributed by atoms with Crippen molar-refractivity contribution in [3.8, 4) is 5.82 Å². The average Bonchev–Trinajstić information content (AvgIpc) is 3.58. The van der Waals surface area contributed by atoms with E-state index < -0.39 is 10.0 Å². The minimum atomic E-state index is -3.73. The fourth-order valence-electron chi connectivity index (χ4n) is 4.53. The number of sulfonamides is 1. The van der Waals surface area contributed by atoms with E-state index in [0.717, 1.165) is 35.2 Å². The third-order valence-electron chi connectivity index (χ3n) is 6.93. The fourth-order valence-corrected chi connectivity index (χ4v) is 5.17. The topological polar surface area (TPSA) is 140 Å². The first-order valence-electron chi connectivity index (χ1n) is 14.7. The van der Waals surface area contributed by atoms with Gasteiger partial charge in [-0.2, -0.15) is 9.97 Å². The molecule has 1 fully saturated rings. The van der Waals surface area contributed by atoms with Gasteiger partial charge in [-0.25, -0.2) is 18.5 Å². The van der Waals surface area contributed by atoms with E-state index in [1.807, 2.05) is 30.3 Å². The van der Waals surface area contributed by atoms with Crippen LogP contribution >= 0.6 is 11.6 Å². The van der Waals surface area contributed by atoms with Gasteiger partial charge in [0, 0.05) is 49.7 Å². The van der Waals surface area contributed by atoms with Crippen LogP contribution in [0.4, 0.5) is 11.8 Å².